The van der Waals surface area contributed by atoms with E-state index in [9.17, 15) is 14.7 Å². The number of amides is 1. The summed E-state index contributed by atoms with van der Waals surface area (Å²) in [4.78, 5) is 29.5. The molecule has 23 heavy (non-hydrogen) atoms. The molecule has 0 bridgehead atoms. The zero-order chi connectivity index (χ0) is 16.2. The summed E-state index contributed by atoms with van der Waals surface area (Å²) in [6, 6.07) is 7.17. The number of carbonyl (C=O) groups excluding carboxylic acids is 1. The van der Waals surface area contributed by atoms with Gasteiger partial charge in [-0.05, 0) is 36.8 Å². The molecule has 0 saturated carbocycles. The Morgan fingerprint density at radius 3 is 2.65 bits per heavy atom. The summed E-state index contributed by atoms with van der Waals surface area (Å²) in [5.74, 6) is -0.470. The first-order valence-electron chi connectivity index (χ1n) is 7.64. The minimum absolute atomic E-state index is 0.00404. The van der Waals surface area contributed by atoms with Crippen LogP contribution in [0.25, 0.3) is 0 Å². The van der Waals surface area contributed by atoms with Gasteiger partial charge >= 0.3 is 5.97 Å². The summed E-state index contributed by atoms with van der Waals surface area (Å²) in [5.41, 5.74) is 3.45. The zero-order valence-electron chi connectivity index (χ0n) is 12.6. The Bertz CT molecular complexity index is 692. The van der Waals surface area contributed by atoms with Gasteiger partial charge in [-0.25, -0.2) is 9.78 Å². The van der Waals surface area contributed by atoms with Gasteiger partial charge in [-0.2, -0.15) is 0 Å². The van der Waals surface area contributed by atoms with Crippen LogP contribution < -0.4 is 0 Å². The molecule has 0 spiro atoms. The number of aromatic nitrogens is 1. The number of carboxylic acid groups (broad SMARTS) is 1. The predicted octanol–water partition coefficient (Wildman–Crippen LogP) is 2.94. The van der Waals surface area contributed by atoms with E-state index in [4.69, 9.17) is 0 Å². The standard InChI is InChI=1S/C17H18N2O3S/c20-16(15-10-23-11-18-15)19-7-5-12(6-8-19)9-13-3-1-2-4-14(13)17(21)22/h1-4,10-12H,5-9H2,(H,21,22). The maximum atomic E-state index is 12.3. The first-order valence-corrected chi connectivity index (χ1v) is 8.58. The monoisotopic (exact) mass is 330 g/mol. The number of piperidine rings is 1. The Morgan fingerprint density at radius 2 is 2.00 bits per heavy atom. The molecular formula is C17H18N2O3S. The van der Waals surface area contributed by atoms with E-state index in [0.29, 0.717) is 30.3 Å². The SMILES string of the molecule is O=C(O)c1ccccc1CC1CCN(C(=O)c2cscn2)CC1. The summed E-state index contributed by atoms with van der Waals surface area (Å²) >= 11 is 1.42. The lowest BCUT2D eigenvalue weighted by Crippen LogP contribution is -2.39. The molecule has 0 aliphatic carbocycles. The third-order valence-electron chi connectivity index (χ3n) is 4.31. The number of thiazole rings is 1. The molecule has 1 fully saturated rings. The van der Waals surface area contributed by atoms with Crippen molar-refractivity contribution in [2.75, 3.05) is 13.1 Å². The fraction of sp³-hybridized carbons (Fsp3) is 0.353. The molecule has 5 nitrogen and oxygen atoms in total. The lowest BCUT2D eigenvalue weighted by molar-refractivity contribution is 0.0685. The second-order valence-corrected chi connectivity index (χ2v) is 6.49. The molecule has 3 rings (SSSR count). The fourth-order valence-corrected chi connectivity index (χ4v) is 3.56. The van der Waals surface area contributed by atoms with Crippen LogP contribution in [0.4, 0.5) is 0 Å². The number of hydrogen-bond acceptors (Lipinski definition) is 4. The first-order chi connectivity index (χ1) is 11.1. The van der Waals surface area contributed by atoms with Gasteiger partial charge in [0, 0.05) is 18.5 Å². The highest BCUT2D eigenvalue weighted by atomic mass is 32.1. The van der Waals surface area contributed by atoms with E-state index in [1.165, 1.54) is 11.3 Å². The van der Waals surface area contributed by atoms with Crippen molar-refractivity contribution in [3.05, 3.63) is 52.0 Å². The number of benzene rings is 1. The van der Waals surface area contributed by atoms with Gasteiger partial charge in [0.05, 0.1) is 11.1 Å². The molecule has 1 amide bonds. The average Bonchev–Trinajstić information content (AvgIpc) is 3.10. The zero-order valence-corrected chi connectivity index (χ0v) is 13.5. The van der Waals surface area contributed by atoms with E-state index in [-0.39, 0.29) is 5.91 Å². The maximum Gasteiger partial charge on any atom is 0.335 e. The van der Waals surface area contributed by atoms with Crippen LogP contribution in [0.3, 0.4) is 0 Å². The van der Waals surface area contributed by atoms with Crippen LogP contribution in [0.1, 0.15) is 39.3 Å². The van der Waals surface area contributed by atoms with Gasteiger partial charge in [0.2, 0.25) is 0 Å². The summed E-state index contributed by atoms with van der Waals surface area (Å²) < 4.78 is 0. The Hall–Kier alpha value is -2.21. The molecule has 2 heterocycles. The highest BCUT2D eigenvalue weighted by Crippen LogP contribution is 2.24. The van der Waals surface area contributed by atoms with Gasteiger partial charge < -0.3 is 10.0 Å². The lowest BCUT2D eigenvalue weighted by atomic mass is 9.88. The Kier molecular flexibility index (Phi) is 4.71. The smallest absolute Gasteiger partial charge is 0.335 e. The molecule has 1 N–H and O–H groups in total. The van der Waals surface area contributed by atoms with Crippen molar-refractivity contribution in [1.29, 1.82) is 0 Å². The summed E-state index contributed by atoms with van der Waals surface area (Å²) in [6.45, 7) is 1.41. The van der Waals surface area contributed by atoms with Crippen molar-refractivity contribution in [3.63, 3.8) is 0 Å². The summed E-state index contributed by atoms with van der Waals surface area (Å²) in [5, 5.41) is 11.0. The van der Waals surface area contributed by atoms with Crippen LogP contribution in [0.5, 0.6) is 0 Å². The van der Waals surface area contributed by atoms with Crippen molar-refractivity contribution in [3.8, 4) is 0 Å². The van der Waals surface area contributed by atoms with Crippen LogP contribution in [0.15, 0.2) is 35.2 Å². The number of carbonyl (C=O) groups is 2. The van der Waals surface area contributed by atoms with Crippen molar-refractivity contribution < 1.29 is 14.7 Å². The van der Waals surface area contributed by atoms with Crippen LogP contribution in [0, 0.1) is 5.92 Å². The average molecular weight is 330 g/mol. The summed E-state index contributed by atoms with van der Waals surface area (Å²) in [6.07, 6.45) is 2.54. The number of hydrogen-bond donors (Lipinski definition) is 1. The van der Waals surface area contributed by atoms with Crippen molar-refractivity contribution >= 4 is 23.2 Å². The van der Waals surface area contributed by atoms with Crippen LogP contribution in [0.2, 0.25) is 0 Å². The number of likely N-dealkylation sites (tertiary alicyclic amines) is 1. The van der Waals surface area contributed by atoms with Crippen LogP contribution >= 0.6 is 11.3 Å². The lowest BCUT2D eigenvalue weighted by Gasteiger charge is -2.31. The second-order valence-electron chi connectivity index (χ2n) is 5.78. The van der Waals surface area contributed by atoms with Gasteiger partial charge in [-0.1, -0.05) is 18.2 Å². The first kappa shape index (κ1) is 15.7. The Labute approximate surface area is 138 Å². The quantitative estimate of drug-likeness (QED) is 0.936. The Morgan fingerprint density at radius 1 is 1.26 bits per heavy atom. The maximum absolute atomic E-state index is 12.3. The molecule has 1 saturated heterocycles. The number of nitrogens with zero attached hydrogens (tertiary/aromatic N) is 2. The van der Waals surface area contributed by atoms with Crippen molar-refractivity contribution in [2.24, 2.45) is 5.92 Å². The van der Waals surface area contributed by atoms with E-state index in [2.05, 4.69) is 4.98 Å². The minimum atomic E-state index is -0.878. The minimum Gasteiger partial charge on any atom is -0.478 e. The molecule has 1 aliphatic heterocycles. The van der Waals surface area contributed by atoms with Gasteiger partial charge in [0.25, 0.3) is 5.91 Å². The third-order valence-corrected chi connectivity index (χ3v) is 4.90. The van der Waals surface area contributed by atoms with Crippen molar-refractivity contribution in [2.45, 2.75) is 19.3 Å². The van der Waals surface area contributed by atoms with E-state index < -0.39 is 5.97 Å². The highest BCUT2D eigenvalue weighted by Gasteiger charge is 2.25. The predicted molar refractivity (Wildman–Crippen MR) is 87.8 cm³/mol. The number of aromatic carboxylic acids is 1. The van der Waals surface area contributed by atoms with E-state index in [0.717, 1.165) is 24.8 Å². The van der Waals surface area contributed by atoms with E-state index in [1.54, 1.807) is 23.0 Å². The van der Waals surface area contributed by atoms with Gasteiger partial charge in [-0.3, -0.25) is 4.79 Å². The molecular weight excluding hydrogens is 312 g/mol. The number of carboxylic acids is 1. The molecule has 0 unspecified atom stereocenters. The van der Waals surface area contributed by atoms with Gasteiger partial charge in [-0.15, -0.1) is 11.3 Å². The molecule has 120 valence electrons. The molecule has 6 heteroatoms. The second kappa shape index (κ2) is 6.91. The molecule has 0 atom stereocenters. The van der Waals surface area contributed by atoms with Gasteiger partial charge in [0.15, 0.2) is 0 Å². The molecule has 1 aliphatic rings. The molecule has 0 radical (unpaired) electrons. The van der Waals surface area contributed by atoms with Crippen LogP contribution in [-0.2, 0) is 6.42 Å². The molecule has 2 aromatic rings. The number of rotatable bonds is 4. The Balaban J connectivity index is 1.60. The topological polar surface area (TPSA) is 70.5 Å². The highest BCUT2D eigenvalue weighted by molar-refractivity contribution is 7.07. The summed E-state index contributed by atoms with van der Waals surface area (Å²) in [7, 11) is 0. The van der Waals surface area contributed by atoms with E-state index >= 15 is 0 Å². The molecule has 1 aromatic heterocycles. The van der Waals surface area contributed by atoms with Crippen LogP contribution in [-0.4, -0.2) is 40.0 Å². The van der Waals surface area contributed by atoms with Crippen molar-refractivity contribution in [1.82, 2.24) is 9.88 Å². The largest absolute Gasteiger partial charge is 0.478 e. The third kappa shape index (κ3) is 3.59. The van der Waals surface area contributed by atoms with Gasteiger partial charge in [0.1, 0.15) is 5.69 Å². The van der Waals surface area contributed by atoms with E-state index in [1.807, 2.05) is 17.0 Å². The molecule has 1 aromatic carbocycles. The normalized spacial score (nSPS) is 15.6. The fourth-order valence-electron chi connectivity index (χ4n) is 3.04.